The molecule has 35 heavy (non-hydrogen) atoms. The first-order valence-corrected chi connectivity index (χ1v) is 12.2. The van der Waals surface area contributed by atoms with E-state index in [0.717, 1.165) is 49.1 Å². The lowest BCUT2D eigenvalue weighted by atomic mass is 10.0. The Balaban J connectivity index is 1.41. The predicted octanol–water partition coefficient (Wildman–Crippen LogP) is 4.28. The summed E-state index contributed by atoms with van der Waals surface area (Å²) < 4.78 is 7.69. The number of ether oxygens (including phenoxy) is 1. The summed E-state index contributed by atoms with van der Waals surface area (Å²) in [5.74, 6) is 0. The van der Waals surface area contributed by atoms with Crippen molar-refractivity contribution in [1.82, 2.24) is 19.9 Å². The molecular formula is C27H26N6OS. The third-order valence-electron chi connectivity index (χ3n) is 6.61. The highest BCUT2D eigenvalue weighted by Crippen LogP contribution is 2.42. The van der Waals surface area contributed by atoms with Crippen molar-refractivity contribution in [1.29, 1.82) is 0 Å². The molecule has 2 atom stereocenters. The molecule has 2 aliphatic heterocycles. The van der Waals surface area contributed by atoms with Gasteiger partial charge in [-0.05, 0) is 72.9 Å². The molecule has 0 saturated carbocycles. The van der Waals surface area contributed by atoms with E-state index in [0.29, 0.717) is 5.11 Å². The van der Waals surface area contributed by atoms with E-state index in [2.05, 4.69) is 84.4 Å². The summed E-state index contributed by atoms with van der Waals surface area (Å²) in [4.78, 5) is 13.6. The maximum absolute atomic E-state index is 5.91. The fourth-order valence-corrected chi connectivity index (χ4v) is 5.29. The SMILES string of the molecule is S=C1N[C@H](c2ccccn2)[C@@H](c2cccn2-c2cccnc2)N1c1ccc(N2CCOCC2)cc1. The van der Waals surface area contributed by atoms with Gasteiger partial charge in [0.05, 0.1) is 36.8 Å². The van der Waals surface area contributed by atoms with Gasteiger partial charge in [-0.2, -0.15) is 0 Å². The predicted molar refractivity (Wildman–Crippen MR) is 141 cm³/mol. The zero-order chi connectivity index (χ0) is 23.6. The minimum absolute atomic E-state index is 0.0955. The molecule has 0 spiro atoms. The van der Waals surface area contributed by atoms with Gasteiger partial charge in [0.25, 0.3) is 0 Å². The van der Waals surface area contributed by atoms with Gasteiger partial charge in [0.1, 0.15) is 6.04 Å². The lowest BCUT2D eigenvalue weighted by Gasteiger charge is -2.31. The molecule has 2 saturated heterocycles. The fourth-order valence-electron chi connectivity index (χ4n) is 4.95. The van der Waals surface area contributed by atoms with Gasteiger partial charge in [-0.25, -0.2) is 0 Å². The molecule has 4 aromatic rings. The van der Waals surface area contributed by atoms with Gasteiger partial charge < -0.3 is 24.4 Å². The maximum atomic E-state index is 5.91. The van der Waals surface area contributed by atoms with Crippen LogP contribution in [0.15, 0.2) is 91.5 Å². The second-order valence-corrected chi connectivity index (χ2v) is 9.01. The molecule has 0 amide bonds. The summed E-state index contributed by atoms with van der Waals surface area (Å²) in [6, 6.07) is 22.7. The molecule has 0 aliphatic carbocycles. The van der Waals surface area contributed by atoms with Crippen molar-refractivity contribution in [2.24, 2.45) is 0 Å². The molecule has 176 valence electrons. The average Bonchev–Trinajstić information content (AvgIpc) is 3.55. The van der Waals surface area contributed by atoms with Crippen LogP contribution < -0.4 is 15.1 Å². The summed E-state index contributed by atoms with van der Waals surface area (Å²) in [5, 5.41) is 4.24. The number of aromatic nitrogens is 3. The van der Waals surface area contributed by atoms with Crippen molar-refractivity contribution in [2.75, 3.05) is 36.1 Å². The van der Waals surface area contributed by atoms with Crippen LogP contribution in [-0.4, -0.2) is 46.0 Å². The van der Waals surface area contributed by atoms with Crippen molar-refractivity contribution in [3.05, 3.63) is 103 Å². The number of morpholine rings is 1. The molecule has 7 nitrogen and oxygen atoms in total. The molecule has 1 N–H and O–H groups in total. The van der Waals surface area contributed by atoms with E-state index >= 15 is 0 Å². The van der Waals surface area contributed by atoms with Gasteiger partial charge >= 0.3 is 0 Å². The highest BCUT2D eigenvalue weighted by atomic mass is 32.1. The second kappa shape index (κ2) is 9.48. The summed E-state index contributed by atoms with van der Waals surface area (Å²) in [6.45, 7) is 3.35. The molecule has 1 aromatic carbocycles. The van der Waals surface area contributed by atoms with E-state index in [1.54, 1.807) is 6.20 Å². The molecule has 0 radical (unpaired) electrons. The van der Waals surface area contributed by atoms with Gasteiger partial charge in [0.2, 0.25) is 0 Å². The van der Waals surface area contributed by atoms with Gasteiger partial charge in [-0.15, -0.1) is 0 Å². The van der Waals surface area contributed by atoms with Crippen LogP contribution in [0.1, 0.15) is 23.5 Å². The number of hydrogen-bond donors (Lipinski definition) is 1. The van der Waals surface area contributed by atoms with E-state index in [9.17, 15) is 0 Å². The number of pyridine rings is 2. The van der Waals surface area contributed by atoms with Gasteiger partial charge in [0, 0.05) is 48.7 Å². The Morgan fingerprint density at radius 1 is 0.857 bits per heavy atom. The van der Waals surface area contributed by atoms with Crippen molar-refractivity contribution in [2.45, 2.75) is 12.1 Å². The highest BCUT2D eigenvalue weighted by molar-refractivity contribution is 7.80. The van der Waals surface area contributed by atoms with E-state index in [4.69, 9.17) is 17.0 Å². The molecule has 0 unspecified atom stereocenters. The third-order valence-corrected chi connectivity index (χ3v) is 6.92. The van der Waals surface area contributed by atoms with E-state index in [1.807, 2.05) is 30.6 Å². The van der Waals surface area contributed by atoms with Gasteiger partial charge in [-0.3, -0.25) is 9.97 Å². The number of thiocarbonyl (C=S) groups is 1. The Kier molecular flexibility index (Phi) is 5.89. The molecule has 2 aliphatic rings. The van der Waals surface area contributed by atoms with Crippen molar-refractivity contribution >= 4 is 28.7 Å². The Morgan fingerprint density at radius 3 is 2.43 bits per heavy atom. The summed E-state index contributed by atoms with van der Waals surface area (Å²) in [5.41, 5.74) is 5.31. The number of hydrogen-bond acceptors (Lipinski definition) is 5. The van der Waals surface area contributed by atoms with Crippen molar-refractivity contribution in [3.63, 3.8) is 0 Å². The topological polar surface area (TPSA) is 58.5 Å². The van der Waals surface area contributed by atoms with Crippen LogP contribution >= 0.6 is 12.2 Å². The molecule has 5 heterocycles. The number of anilines is 2. The normalized spacial score (nSPS) is 20.2. The summed E-state index contributed by atoms with van der Waals surface area (Å²) in [6.07, 6.45) is 7.57. The minimum atomic E-state index is -0.104. The Morgan fingerprint density at radius 2 is 1.69 bits per heavy atom. The Labute approximate surface area is 210 Å². The van der Waals surface area contributed by atoms with E-state index in [-0.39, 0.29) is 12.1 Å². The lowest BCUT2D eigenvalue weighted by Crippen LogP contribution is -2.36. The molecular weight excluding hydrogens is 456 g/mol. The zero-order valence-corrected chi connectivity index (χ0v) is 20.0. The Bertz CT molecular complexity index is 1290. The van der Waals surface area contributed by atoms with Crippen LogP contribution in [0.2, 0.25) is 0 Å². The minimum Gasteiger partial charge on any atom is -0.378 e. The quantitative estimate of drug-likeness (QED) is 0.426. The van der Waals surface area contributed by atoms with Crippen LogP contribution in [0.3, 0.4) is 0 Å². The first-order chi connectivity index (χ1) is 17.3. The van der Waals surface area contributed by atoms with Gasteiger partial charge in [0.15, 0.2) is 5.11 Å². The lowest BCUT2D eigenvalue weighted by molar-refractivity contribution is 0.122. The number of rotatable bonds is 5. The second-order valence-electron chi connectivity index (χ2n) is 8.63. The Hall–Kier alpha value is -3.75. The average molecular weight is 483 g/mol. The van der Waals surface area contributed by atoms with Crippen LogP contribution in [0.25, 0.3) is 5.69 Å². The summed E-state index contributed by atoms with van der Waals surface area (Å²) in [7, 11) is 0. The monoisotopic (exact) mass is 482 g/mol. The molecule has 8 heteroatoms. The third kappa shape index (κ3) is 4.15. The first kappa shape index (κ1) is 21.8. The highest BCUT2D eigenvalue weighted by Gasteiger charge is 2.42. The number of benzene rings is 1. The molecule has 6 rings (SSSR count). The van der Waals surface area contributed by atoms with Crippen LogP contribution in [-0.2, 0) is 4.74 Å². The standard InChI is InChI=1S/C27H26N6OS/c35-27-30-25(23-6-1-2-13-29-23)26(24-7-4-14-32(24)22-5-3-12-28-19-22)33(27)21-10-8-20(9-11-21)31-15-17-34-18-16-31/h1-14,19,25-26H,15-18H2,(H,30,35)/t25-,26-/m1/s1. The first-order valence-electron chi connectivity index (χ1n) is 11.8. The molecule has 3 aromatic heterocycles. The number of nitrogens with zero attached hydrogens (tertiary/aromatic N) is 5. The summed E-state index contributed by atoms with van der Waals surface area (Å²) >= 11 is 5.91. The zero-order valence-electron chi connectivity index (χ0n) is 19.2. The van der Waals surface area contributed by atoms with Crippen LogP contribution in [0.4, 0.5) is 11.4 Å². The van der Waals surface area contributed by atoms with E-state index in [1.165, 1.54) is 5.69 Å². The number of nitrogens with one attached hydrogen (secondary N) is 1. The van der Waals surface area contributed by atoms with Crippen molar-refractivity contribution in [3.8, 4) is 5.69 Å². The molecule has 0 bridgehead atoms. The van der Waals surface area contributed by atoms with Crippen LogP contribution in [0.5, 0.6) is 0 Å². The maximum Gasteiger partial charge on any atom is 0.174 e. The smallest absolute Gasteiger partial charge is 0.174 e. The largest absolute Gasteiger partial charge is 0.378 e. The fraction of sp³-hybridized carbons (Fsp3) is 0.222. The molecule has 2 fully saturated rings. The van der Waals surface area contributed by atoms with E-state index < -0.39 is 0 Å². The van der Waals surface area contributed by atoms with Gasteiger partial charge in [-0.1, -0.05) is 6.07 Å². The van der Waals surface area contributed by atoms with Crippen molar-refractivity contribution < 1.29 is 4.74 Å². The van der Waals surface area contributed by atoms with Crippen LogP contribution in [0, 0.1) is 0 Å².